The zero-order valence-corrected chi connectivity index (χ0v) is 17.1. The summed E-state index contributed by atoms with van der Waals surface area (Å²) in [6, 6.07) is 4.86. The molecule has 2 atom stereocenters. The molecule has 1 aromatic heterocycles. The average Bonchev–Trinajstić information content (AvgIpc) is 2.98. The lowest BCUT2D eigenvalue weighted by Gasteiger charge is -2.22. The largest absolute Gasteiger partial charge is 0.480 e. The summed E-state index contributed by atoms with van der Waals surface area (Å²) in [6.45, 7) is 4.14. The minimum atomic E-state index is -1.12. The van der Waals surface area contributed by atoms with Crippen molar-refractivity contribution in [3.8, 4) is 0 Å². The van der Waals surface area contributed by atoms with Crippen molar-refractivity contribution >= 4 is 35.1 Å². The van der Waals surface area contributed by atoms with Gasteiger partial charge in [-0.3, -0.25) is 19.6 Å². The van der Waals surface area contributed by atoms with Crippen molar-refractivity contribution in [3.05, 3.63) is 51.8 Å². The maximum Gasteiger partial charge on any atom is 0.321 e. The van der Waals surface area contributed by atoms with E-state index in [1.54, 1.807) is 35.1 Å². The highest BCUT2D eigenvalue weighted by atomic mass is 35.5. The topological polar surface area (TPSA) is 104 Å². The Kier molecular flexibility index (Phi) is 7.86. The molecule has 7 nitrogen and oxygen atoms in total. The van der Waals surface area contributed by atoms with Gasteiger partial charge in [0.2, 0.25) is 0 Å². The summed E-state index contributed by atoms with van der Waals surface area (Å²) in [5.74, 6) is -2.07. The number of nitrogens with zero attached hydrogens (tertiary/aromatic N) is 2. The minimum absolute atomic E-state index is 0.0888. The van der Waals surface area contributed by atoms with E-state index >= 15 is 0 Å². The van der Waals surface area contributed by atoms with Gasteiger partial charge in [0, 0.05) is 28.4 Å². The predicted octanol–water partition coefficient (Wildman–Crippen LogP) is 3.32. The SMILES string of the molecule is CC(C)C[C@H](NC(Cc1ccnn1Cc1cc(Cl)cc(Cl)c1)C(=O)O)C(=O)O. The van der Waals surface area contributed by atoms with Crippen molar-refractivity contribution in [3.63, 3.8) is 0 Å². The number of rotatable bonds is 10. The molecular weight excluding hydrogens is 405 g/mol. The number of nitrogens with one attached hydrogen (secondary N) is 1. The first-order chi connectivity index (χ1) is 13.2. The highest BCUT2D eigenvalue weighted by molar-refractivity contribution is 6.34. The molecule has 1 aromatic carbocycles. The molecule has 0 radical (unpaired) electrons. The molecule has 3 N–H and O–H groups in total. The van der Waals surface area contributed by atoms with Crippen LogP contribution in [0.2, 0.25) is 10.0 Å². The molecule has 9 heteroatoms. The Bertz CT molecular complexity index is 818. The van der Waals surface area contributed by atoms with Gasteiger partial charge in [-0.05, 0) is 42.2 Å². The summed E-state index contributed by atoms with van der Waals surface area (Å²) in [6.07, 6.45) is 1.99. The van der Waals surface area contributed by atoms with Crippen LogP contribution in [0.5, 0.6) is 0 Å². The molecule has 0 saturated heterocycles. The van der Waals surface area contributed by atoms with Crippen LogP contribution in [-0.4, -0.2) is 44.0 Å². The third kappa shape index (κ3) is 6.51. The van der Waals surface area contributed by atoms with Crippen LogP contribution in [0.4, 0.5) is 0 Å². The van der Waals surface area contributed by atoms with Crippen LogP contribution in [0.1, 0.15) is 31.5 Å². The first kappa shape index (κ1) is 22.2. The normalized spacial score (nSPS) is 13.5. The zero-order chi connectivity index (χ0) is 20.8. The summed E-state index contributed by atoms with van der Waals surface area (Å²) in [7, 11) is 0. The van der Waals surface area contributed by atoms with Crippen LogP contribution in [-0.2, 0) is 22.6 Å². The van der Waals surface area contributed by atoms with Gasteiger partial charge < -0.3 is 10.2 Å². The molecule has 0 aliphatic heterocycles. The lowest BCUT2D eigenvalue weighted by Crippen LogP contribution is -2.49. The molecule has 152 valence electrons. The van der Waals surface area contributed by atoms with Gasteiger partial charge in [0.15, 0.2) is 0 Å². The van der Waals surface area contributed by atoms with Gasteiger partial charge in [-0.15, -0.1) is 0 Å². The molecule has 2 aromatic rings. The van der Waals surface area contributed by atoms with E-state index in [1.807, 2.05) is 13.8 Å². The van der Waals surface area contributed by atoms with Gasteiger partial charge in [0.25, 0.3) is 0 Å². The summed E-state index contributed by atoms with van der Waals surface area (Å²) >= 11 is 12.1. The van der Waals surface area contributed by atoms with E-state index in [4.69, 9.17) is 23.2 Å². The van der Waals surface area contributed by atoms with Crippen LogP contribution in [0.3, 0.4) is 0 Å². The van der Waals surface area contributed by atoms with E-state index in [-0.39, 0.29) is 12.3 Å². The van der Waals surface area contributed by atoms with Crippen molar-refractivity contribution in [2.45, 2.75) is 45.3 Å². The number of carboxylic acids is 2. The molecule has 28 heavy (non-hydrogen) atoms. The lowest BCUT2D eigenvalue weighted by molar-refractivity contribution is -0.142. The first-order valence-electron chi connectivity index (χ1n) is 8.83. The van der Waals surface area contributed by atoms with Gasteiger partial charge in [-0.2, -0.15) is 5.10 Å². The van der Waals surface area contributed by atoms with Crippen molar-refractivity contribution in [2.75, 3.05) is 0 Å². The number of hydrogen-bond acceptors (Lipinski definition) is 4. The number of aliphatic carboxylic acids is 2. The van der Waals surface area contributed by atoms with Crippen LogP contribution < -0.4 is 5.32 Å². The van der Waals surface area contributed by atoms with Crippen LogP contribution in [0, 0.1) is 5.92 Å². The van der Waals surface area contributed by atoms with Crippen molar-refractivity contribution < 1.29 is 19.8 Å². The number of benzene rings is 1. The van der Waals surface area contributed by atoms with E-state index in [0.29, 0.717) is 28.7 Å². The molecule has 0 bridgehead atoms. The Morgan fingerprint density at radius 2 is 1.71 bits per heavy atom. The molecular formula is C19H23Cl2N3O4. The Balaban J connectivity index is 2.17. The van der Waals surface area contributed by atoms with E-state index in [9.17, 15) is 19.8 Å². The summed E-state index contributed by atoms with van der Waals surface area (Å²) < 4.78 is 1.65. The fourth-order valence-corrected chi connectivity index (χ4v) is 3.50. The van der Waals surface area contributed by atoms with Crippen molar-refractivity contribution in [1.82, 2.24) is 15.1 Å². The highest BCUT2D eigenvalue weighted by Gasteiger charge is 2.27. The number of carbonyl (C=O) groups is 2. The summed E-state index contributed by atoms with van der Waals surface area (Å²) in [5, 5.41) is 26.9. The van der Waals surface area contributed by atoms with Crippen LogP contribution in [0.25, 0.3) is 0 Å². The molecule has 0 aliphatic rings. The molecule has 1 heterocycles. The smallest absolute Gasteiger partial charge is 0.321 e. The Hall–Kier alpha value is -2.09. The van der Waals surface area contributed by atoms with Gasteiger partial charge in [-0.1, -0.05) is 37.0 Å². The molecule has 0 fully saturated rings. The number of aromatic nitrogens is 2. The maximum absolute atomic E-state index is 11.7. The predicted molar refractivity (Wildman–Crippen MR) is 107 cm³/mol. The second kappa shape index (κ2) is 9.91. The van der Waals surface area contributed by atoms with Crippen molar-refractivity contribution in [2.24, 2.45) is 5.92 Å². The Labute approximate surface area is 173 Å². The molecule has 0 aliphatic carbocycles. The second-order valence-electron chi connectivity index (χ2n) is 7.04. The van der Waals surface area contributed by atoms with Crippen LogP contribution >= 0.6 is 23.2 Å². The molecule has 0 saturated carbocycles. The van der Waals surface area contributed by atoms with Gasteiger partial charge in [0.05, 0.1) is 6.54 Å². The number of carboxylic acid groups (broad SMARTS) is 2. The Morgan fingerprint density at radius 1 is 1.11 bits per heavy atom. The van der Waals surface area contributed by atoms with Crippen molar-refractivity contribution in [1.29, 1.82) is 0 Å². The quantitative estimate of drug-likeness (QED) is 0.536. The van der Waals surface area contributed by atoms with E-state index < -0.39 is 24.0 Å². The summed E-state index contributed by atoms with van der Waals surface area (Å²) in [5.41, 5.74) is 1.48. The fourth-order valence-electron chi connectivity index (χ4n) is 2.93. The zero-order valence-electron chi connectivity index (χ0n) is 15.6. The molecule has 0 spiro atoms. The number of halogens is 2. The van der Waals surface area contributed by atoms with E-state index in [2.05, 4.69) is 10.4 Å². The highest BCUT2D eigenvalue weighted by Crippen LogP contribution is 2.20. The molecule has 1 unspecified atom stereocenters. The molecule has 0 amide bonds. The van der Waals surface area contributed by atoms with E-state index in [1.165, 1.54) is 0 Å². The maximum atomic E-state index is 11.7. The first-order valence-corrected chi connectivity index (χ1v) is 9.58. The third-order valence-electron chi connectivity index (χ3n) is 4.18. The van der Waals surface area contributed by atoms with Gasteiger partial charge >= 0.3 is 11.9 Å². The minimum Gasteiger partial charge on any atom is -0.480 e. The average molecular weight is 428 g/mol. The third-order valence-corrected chi connectivity index (χ3v) is 4.61. The lowest BCUT2D eigenvalue weighted by atomic mass is 10.0. The van der Waals surface area contributed by atoms with Gasteiger partial charge in [-0.25, -0.2) is 0 Å². The monoisotopic (exact) mass is 427 g/mol. The molecule has 2 rings (SSSR count). The number of hydrogen-bond donors (Lipinski definition) is 3. The summed E-state index contributed by atoms with van der Waals surface area (Å²) in [4.78, 5) is 23.2. The van der Waals surface area contributed by atoms with Crippen LogP contribution in [0.15, 0.2) is 30.5 Å². The fraction of sp³-hybridized carbons (Fsp3) is 0.421. The second-order valence-corrected chi connectivity index (χ2v) is 7.91. The van der Waals surface area contributed by atoms with E-state index in [0.717, 1.165) is 5.56 Å². The van der Waals surface area contributed by atoms with Gasteiger partial charge in [0.1, 0.15) is 12.1 Å². The Morgan fingerprint density at radius 3 is 2.25 bits per heavy atom. The standard InChI is InChI=1S/C19H23Cl2N3O4/c1-11(2)5-16(18(25)26)23-17(19(27)28)9-15-3-4-22-24(15)10-12-6-13(20)8-14(21)7-12/h3-4,6-8,11,16-17,23H,5,9-10H2,1-2H3,(H,25,26)(H,27,28)/t16-,17?/m0/s1.